The highest BCUT2D eigenvalue weighted by molar-refractivity contribution is 7.63. The van der Waals surface area contributed by atoms with Crippen molar-refractivity contribution in [2.24, 2.45) is 0 Å². The third-order valence-electron chi connectivity index (χ3n) is 5.32. The molecule has 1 aromatic heterocycles. The highest BCUT2D eigenvalue weighted by atomic mass is 35.5. The van der Waals surface area contributed by atoms with E-state index in [1.807, 2.05) is 24.3 Å². The first-order valence-corrected chi connectivity index (χ1v) is 12.8. The van der Waals surface area contributed by atoms with Crippen LogP contribution in [0.15, 0.2) is 48.7 Å². The van der Waals surface area contributed by atoms with E-state index >= 15 is 0 Å². The smallest absolute Gasteiger partial charge is 0.229 e. The van der Waals surface area contributed by atoms with Gasteiger partial charge in [0.2, 0.25) is 5.95 Å². The summed E-state index contributed by atoms with van der Waals surface area (Å²) in [5.41, 5.74) is 2.90. The van der Waals surface area contributed by atoms with Crippen molar-refractivity contribution < 1.29 is 4.74 Å². The molecule has 1 atom stereocenters. The van der Waals surface area contributed by atoms with Gasteiger partial charge in [-0.1, -0.05) is 23.7 Å². The molecule has 0 radical (unpaired) electrons. The van der Waals surface area contributed by atoms with Crippen LogP contribution in [0.2, 0.25) is 5.02 Å². The average molecular weight is 468 g/mol. The van der Waals surface area contributed by atoms with Crippen molar-refractivity contribution in [1.82, 2.24) is 9.97 Å². The summed E-state index contributed by atoms with van der Waals surface area (Å²) in [4.78, 5) is 11.3. The molecule has 6 nitrogen and oxygen atoms in total. The number of rotatable bonds is 7. The summed E-state index contributed by atoms with van der Waals surface area (Å²) in [6.07, 6.45) is 10.3. The van der Waals surface area contributed by atoms with Crippen LogP contribution in [0.5, 0.6) is 5.75 Å². The number of benzene rings is 2. The first kappa shape index (κ1) is 22.3. The van der Waals surface area contributed by atoms with Gasteiger partial charge in [0.05, 0.1) is 50.5 Å². The molecule has 32 heavy (non-hydrogen) atoms. The molecule has 2 N–H and O–H groups in total. The fourth-order valence-corrected chi connectivity index (χ4v) is 4.68. The molecule has 0 spiro atoms. The third kappa shape index (κ3) is 5.09. The maximum absolute atomic E-state index is 6.39. The molecular weight excluding hydrogens is 441 g/mol. The summed E-state index contributed by atoms with van der Waals surface area (Å²) in [5.74, 6) is 1.71. The second-order valence-corrected chi connectivity index (χ2v) is 9.88. The fourth-order valence-electron chi connectivity index (χ4n) is 3.66. The van der Waals surface area contributed by atoms with Gasteiger partial charge in [-0.05, 0) is 24.3 Å². The first-order valence-electron chi connectivity index (χ1n) is 10.5. The van der Waals surface area contributed by atoms with Gasteiger partial charge in [0.25, 0.3) is 0 Å². The molecule has 0 bridgehead atoms. The van der Waals surface area contributed by atoms with Gasteiger partial charge in [0.1, 0.15) is 37.8 Å². The number of halogens is 1. The predicted octanol–water partition coefficient (Wildman–Crippen LogP) is 5.60. The van der Waals surface area contributed by atoms with Crippen molar-refractivity contribution in [2.75, 3.05) is 42.4 Å². The maximum Gasteiger partial charge on any atom is 0.229 e. The van der Waals surface area contributed by atoms with E-state index < -0.39 is 7.55 Å². The van der Waals surface area contributed by atoms with Crippen LogP contribution in [0.25, 0.3) is 0 Å². The van der Waals surface area contributed by atoms with Crippen LogP contribution in [-0.4, -0.2) is 43.1 Å². The molecule has 1 aliphatic heterocycles. The molecule has 0 amide bonds. The highest BCUT2D eigenvalue weighted by Gasteiger charge is 2.18. The molecule has 8 heteroatoms. The largest absolute Gasteiger partial charge is 0.494 e. The molecule has 1 aliphatic rings. The zero-order valence-electron chi connectivity index (χ0n) is 18.3. The van der Waals surface area contributed by atoms with Gasteiger partial charge in [-0.15, -0.1) is 0 Å². The van der Waals surface area contributed by atoms with Crippen molar-refractivity contribution in [3.8, 4) is 5.75 Å². The van der Waals surface area contributed by atoms with Crippen molar-refractivity contribution in [3.63, 3.8) is 0 Å². The number of nitrogens with one attached hydrogen (secondary N) is 2. The number of methoxy groups -OCH3 is 1. The van der Waals surface area contributed by atoms with Crippen molar-refractivity contribution in [3.05, 3.63) is 60.1 Å². The minimum absolute atomic E-state index is 0.432. The quantitative estimate of drug-likeness (QED) is 0.348. The van der Waals surface area contributed by atoms with Gasteiger partial charge < -0.3 is 20.3 Å². The Morgan fingerprint density at radius 3 is 2.66 bits per heavy atom. The number of para-hydroxylation sites is 1. The topological polar surface area (TPSA) is 62.3 Å². The Morgan fingerprint density at radius 1 is 1.12 bits per heavy atom. The number of anilines is 5. The number of hydrogen-bond donors (Lipinski definition) is 2. The Hall–Kier alpha value is -2.95. The van der Waals surface area contributed by atoms with Gasteiger partial charge >= 0.3 is 0 Å². The highest BCUT2D eigenvalue weighted by Crippen LogP contribution is 2.33. The van der Waals surface area contributed by atoms with Crippen LogP contribution in [0.3, 0.4) is 0 Å². The molecule has 1 saturated heterocycles. The molecule has 1 unspecified atom stereocenters. The molecule has 0 saturated carbocycles. The number of ether oxygens (including phenoxy) is 1. The van der Waals surface area contributed by atoms with Crippen molar-refractivity contribution in [1.29, 1.82) is 0 Å². The molecule has 0 aliphatic carbocycles. The zero-order chi connectivity index (χ0) is 22.5. The maximum atomic E-state index is 6.39. The van der Waals surface area contributed by atoms with E-state index in [2.05, 4.69) is 63.1 Å². The standard InChI is InChI=1S/C24H27ClN5OP/c1-31-21-15-17(30-13-7-4-8-14-30)11-12-19(21)28-24-26-16-18(25)23(29-24)27-20-9-5-6-10-22(20)32(2)3/h4-6,9-12,15-16H,2,7-8,13-14H2,1,3H3,(H2,26,27,28,29)/q+2. The van der Waals surface area contributed by atoms with E-state index in [1.54, 1.807) is 13.3 Å². The average Bonchev–Trinajstić information content (AvgIpc) is 2.82. The molecule has 3 aromatic rings. The van der Waals surface area contributed by atoms with Crippen LogP contribution in [0.1, 0.15) is 12.8 Å². The normalized spacial score (nSPS) is 13.8. The molecular formula is C24H27ClN5OP+2. The molecule has 2 heterocycles. The molecule has 2 aromatic carbocycles. The summed E-state index contributed by atoms with van der Waals surface area (Å²) in [7, 11) is 1.15. The summed E-state index contributed by atoms with van der Waals surface area (Å²) >= 11 is 6.39. The summed E-state index contributed by atoms with van der Waals surface area (Å²) in [6.45, 7) is 4.17. The van der Waals surface area contributed by atoms with Gasteiger partial charge in [-0.25, -0.2) is 4.98 Å². The minimum Gasteiger partial charge on any atom is -0.494 e. The number of hydrogen-bond acceptors (Lipinski definition) is 6. The van der Waals surface area contributed by atoms with E-state index in [-0.39, 0.29) is 0 Å². The van der Waals surface area contributed by atoms with E-state index in [1.165, 1.54) is 0 Å². The molecule has 164 valence electrons. The van der Waals surface area contributed by atoms with Crippen LogP contribution in [0, 0.1) is 6.42 Å². The summed E-state index contributed by atoms with van der Waals surface area (Å²) < 4.78 is 5.64. The Morgan fingerprint density at radius 2 is 1.91 bits per heavy atom. The second-order valence-electron chi connectivity index (χ2n) is 7.59. The Kier molecular flexibility index (Phi) is 7.03. The molecule has 4 rings (SSSR count). The van der Waals surface area contributed by atoms with Gasteiger partial charge in [0.15, 0.2) is 11.1 Å². The van der Waals surface area contributed by atoms with Gasteiger partial charge in [-0.2, -0.15) is 4.98 Å². The van der Waals surface area contributed by atoms with Crippen LogP contribution in [0.4, 0.5) is 28.8 Å². The Bertz CT molecular complexity index is 1120. The van der Waals surface area contributed by atoms with Crippen LogP contribution in [-0.2, 0) is 0 Å². The lowest BCUT2D eigenvalue weighted by atomic mass is 10.1. The Balaban J connectivity index is 1.57. The lowest BCUT2D eigenvalue weighted by Crippen LogP contribution is -2.29. The van der Waals surface area contributed by atoms with Crippen LogP contribution >= 0.6 is 19.1 Å². The number of piperidine rings is 1. The summed E-state index contributed by atoms with van der Waals surface area (Å²) in [6, 6.07) is 14.2. The lowest BCUT2D eigenvalue weighted by Gasteiger charge is -2.26. The van der Waals surface area contributed by atoms with E-state index in [0.29, 0.717) is 16.8 Å². The van der Waals surface area contributed by atoms with E-state index in [0.717, 1.165) is 54.0 Å². The number of nitrogens with zero attached hydrogens (tertiary/aromatic N) is 3. The van der Waals surface area contributed by atoms with E-state index in [4.69, 9.17) is 16.3 Å². The Labute approximate surface area is 195 Å². The summed E-state index contributed by atoms with van der Waals surface area (Å²) in [5, 5.41) is 8.20. The minimum atomic E-state index is -0.522. The third-order valence-corrected chi connectivity index (χ3v) is 6.80. The zero-order valence-corrected chi connectivity index (χ0v) is 20.0. The monoisotopic (exact) mass is 467 g/mol. The molecule has 1 fully saturated rings. The van der Waals surface area contributed by atoms with Crippen LogP contribution < -0.4 is 25.6 Å². The SMILES string of the molecule is C=[P+](C)c1ccccc1Nc1nc(Nc2ccc(N3CC[CH+]CC3)cc2OC)ncc1Cl. The second kappa shape index (κ2) is 10.1. The lowest BCUT2D eigenvalue weighted by molar-refractivity contribution is 0.416. The van der Waals surface area contributed by atoms with Gasteiger partial charge in [0, 0.05) is 11.8 Å². The fraction of sp³-hybridized carbons (Fsp3) is 0.250. The predicted molar refractivity (Wildman–Crippen MR) is 138 cm³/mol. The number of aromatic nitrogens is 2. The van der Waals surface area contributed by atoms with Crippen molar-refractivity contribution >= 4 is 59.6 Å². The van der Waals surface area contributed by atoms with E-state index in [9.17, 15) is 0 Å². The van der Waals surface area contributed by atoms with Crippen molar-refractivity contribution in [2.45, 2.75) is 12.8 Å². The first-order chi connectivity index (χ1) is 15.5. The van der Waals surface area contributed by atoms with Gasteiger partial charge in [-0.3, -0.25) is 0 Å².